The van der Waals surface area contributed by atoms with Gasteiger partial charge in [0, 0.05) is 57.0 Å². The SMILES string of the molecule is COc1ccc(CNc2cc(Cl)nnc2OCCN2CCN(C)CC2)c(OC)c1. The zero-order valence-corrected chi connectivity index (χ0v) is 17.9. The molecular weight excluding hydrogens is 394 g/mol. The van der Waals surface area contributed by atoms with E-state index >= 15 is 0 Å². The van der Waals surface area contributed by atoms with Crippen molar-refractivity contribution in [2.24, 2.45) is 0 Å². The Morgan fingerprint density at radius 2 is 1.86 bits per heavy atom. The Bertz CT molecular complexity index is 800. The van der Waals surface area contributed by atoms with Gasteiger partial charge in [-0.25, -0.2) is 0 Å². The minimum absolute atomic E-state index is 0.306. The van der Waals surface area contributed by atoms with Gasteiger partial charge in [0.25, 0.3) is 5.88 Å². The van der Waals surface area contributed by atoms with E-state index in [0.717, 1.165) is 49.8 Å². The maximum Gasteiger partial charge on any atom is 0.257 e. The predicted octanol–water partition coefficient (Wildman–Crippen LogP) is 2.39. The standard InChI is InChI=1S/C20H28ClN5O3/c1-25-6-8-26(9-7-25)10-11-29-20-17(13-19(21)23-24-20)22-14-15-4-5-16(27-2)12-18(15)28-3/h4-5,12-13H,6-11,14H2,1-3H3,(H,22,23). The Morgan fingerprint density at radius 1 is 1.07 bits per heavy atom. The highest BCUT2D eigenvalue weighted by molar-refractivity contribution is 6.29. The molecule has 1 saturated heterocycles. The zero-order valence-electron chi connectivity index (χ0n) is 17.2. The van der Waals surface area contributed by atoms with E-state index in [4.69, 9.17) is 25.8 Å². The van der Waals surface area contributed by atoms with Crippen LogP contribution in [0.1, 0.15) is 5.56 Å². The van der Waals surface area contributed by atoms with Gasteiger partial charge in [-0.3, -0.25) is 4.90 Å². The molecule has 2 aromatic rings. The van der Waals surface area contributed by atoms with Crippen LogP contribution in [-0.4, -0.2) is 80.6 Å². The molecule has 0 atom stereocenters. The van der Waals surface area contributed by atoms with Gasteiger partial charge in [0.1, 0.15) is 23.8 Å². The van der Waals surface area contributed by atoms with Crippen molar-refractivity contribution in [3.05, 3.63) is 35.0 Å². The summed E-state index contributed by atoms with van der Waals surface area (Å²) in [6.07, 6.45) is 0. The molecule has 1 aliphatic heterocycles. The van der Waals surface area contributed by atoms with Gasteiger partial charge in [-0.1, -0.05) is 11.6 Å². The predicted molar refractivity (Wildman–Crippen MR) is 113 cm³/mol. The number of nitrogens with one attached hydrogen (secondary N) is 1. The van der Waals surface area contributed by atoms with Crippen LogP contribution in [0.25, 0.3) is 0 Å². The van der Waals surface area contributed by atoms with Crippen LogP contribution in [0.5, 0.6) is 17.4 Å². The third kappa shape index (κ3) is 6.09. The van der Waals surface area contributed by atoms with Crippen LogP contribution in [0.3, 0.4) is 0 Å². The molecule has 0 unspecified atom stereocenters. The van der Waals surface area contributed by atoms with Gasteiger partial charge in [0.2, 0.25) is 0 Å². The summed E-state index contributed by atoms with van der Waals surface area (Å²) < 4.78 is 16.6. The molecule has 1 N–H and O–H groups in total. The molecule has 0 aliphatic carbocycles. The number of rotatable bonds is 9. The first-order chi connectivity index (χ1) is 14.1. The van der Waals surface area contributed by atoms with Crippen LogP contribution in [0.4, 0.5) is 5.69 Å². The average Bonchev–Trinajstić information content (AvgIpc) is 2.74. The number of hydrogen-bond donors (Lipinski definition) is 1. The second-order valence-corrected chi connectivity index (χ2v) is 7.30. The summed E-state index contributed by atoms with van der Waals surface area (Å²) in [6, 6.07) is 7.41. The van der Waals surface area contributed by atoms with E-state index in [0.29, 0.717) is 29.9 Å². The van der Waals surface area contributed by atoms with Crippen molar-refractivity contribution in [2.75, 3.05) is 65.9 Å². The van der Waals surface area contributed by atoms with Gasteiger partial charge in [-0.05, 0) is 19.2 Å². The molecule has 8 nitrogen and oxygen atoms in total. The lowest BCUT2D eigenvalue weighted by Gasteiger charge is -2.32. The van der Waals surface area contributed by atoms with Crippen molar-refractivity contribution in [3.63, 3.8) is 0 Å². The molecular formula is C20H28ClN5O3. The Hall–Kier alpha value is -2.29. The molecule has 0 spiro atoms. The lowest BCUT2D eigenvalue weighted by Crippen LogP contribution is -2.45. The first-order valence-corrected chi connectivity index (χ1v) is 9.98. The fourth-order valence-corrected chi connectivity index (χ4v) is 3.27. The topological polar surface area (TPSA) is 72.0 Å². The van der Waals surface area contributed by atoms with Gasteiger partial charge >= 0.3 is 0 Å². The van der Waals surface area contributed by atoms with Crippen molar-refractivity contribution >= 4 is 17.3 Å². The number of aromatic nitrogens is 2. The Labute approximate surface area is 176 Å². The van der Waals surface area contributed by atoms with Crippen LogP contribution < -0.4 is 19.5 Å². The third-order valence-corrected chi connectivity index (χ3v) is 5.12. The zero-order chi connectivity index (χ0) is 20.6. The fourth-order valence-electron chi connectivity index (χ4n) is 3.12. The monoisotopic (exact) mass is 421 g/mol. The van der Waals surface area contributed by atoms with Gasteiger partial charge < -0.3 is 24.4 Å². The van der Waals surface area contributed by atoms with E-state index in [1.165, 1.54) is 0 Å². The van der Waals surface area contributed by atoms with E-state index in [1.54, 1.807) is 20.3 Å². The number of halogens is 1. The highest BCUT2D eigenvalue weighted by Gasteiger charge is 2.15. The fraction of sp³-hybridized carbons (Fsp3) is 0.500. The summed E-state index contributed by atoms with van der Waals surface area (Å²) in [6.45, 7) is 6.17. The summed E-state index contributed by atoms with van der Waals surface area (Å²) in [5.41, 5.74) is 1.67. The summed E-state index contributed by atoms with van der Waals surface area (Å²) in [7, 11) is 5.41. The van der Waals surface area contributed by atoms with Crippen molar-refractivity contribution < 1.29 is 14.2 Å². The number of likely N-dealkylation sites (N-methyl/N-ethyl adjacent to an activating group) is 1. The summed E-state index contributed by atoms with van der Waals surface area (Å²) in [5.74, 6) is 1.92. The molecule has 3 rings (SSSR count). The number of benzene rings is 1. The number of ether oxygens (including phenoxy) is 3. The highest BCUT2D eigenvalue weighted by Crippen LogP contribution is 2.28. The van der Waals surface area contributed by atoms with Gasteiger partial charge in [0.15, 0.2) is 5.15 Å². The van der Waals surface area contributed by atoms with Gasteiger partial charge in [0.05, 0.1) is 14.2 Å². The molecule has 158 valence electrons. The van der Waals surface area contributed by atoms with Crippen molar-refractivity contribution in [1.82, 2.24) is 20.0 Å². The van der Waals surface area contributed by atoms with Crippen LogP contribution >= 0.6 is 11.6 Å². The van der Waals surface area contributed by atoms with Crippen LogP contribution in [0.2, 0.25) is 5.15 Å². The minimum Gasteiger partial charge on any atom is -0.497 e. The molecule has 1 fully saturated rings. The average molecular weight is 422 g/mol. The lowest BCUT2D eigenvalue weighted by atomic mass is 10.2. The molecule has 0 radical (unpaired) electrons. The van der Waals surface area contributed by atoms with Crippen molar-refractivity contribution in [3.8, 4) is 17.4 Å². The van der Waals surface area contributed by atoms with Crippen molar-refractivity contribution in [1.29, 1.82) is 0 Å². The maximum atomic E-state index is 6.04. The highest BCUT2D eigenvalue weighted by atomic mass is 35.5. The molecule has 0 saturated carbocycles. The molecule has 0 bridgehead atoms. The molecule has 9 heteroatoms. The number of anilines is 1. The Kier molecular flexibility index (Phi) is 7.74. The Balaban J connectivity index is 1.60. The lowest BCUT2D eigenvalue weighted by molar-refractivity contribution is 0.132. The largest absolute Gasteiger partial charge is 0.497 e. The van der Waals surface area contributed by atoms with Crippen molar-refractivity contribution in [2.45, 2.75) is 6.54 Å². The second kappa shape index (κ2) is 10.5. The van der Waals surface area contributed by atoms with Crippen LogP contribution in [-0.2, 0) is 6.54 Å². The molecule has 1 aromatic carbocycles. The minimum atomic E-state index is 0.306. The first kappa shape index (κ1) is 21.4. The molecule has 0 amide bonds. The first-order valence-electron chi connectivity index (χ1n) is 9.60. The van der Waals surface area contributed by atoms with E-state index in [2.05, 4.69) is 32.4 Å². The summed E-state index contributed by atoms with van der Waals surface area (Å²) in [4.78, 5) is 4.72. The maximum absolute atomic E-state index is 6.04. The normalized spacial score (nSPS) is 15.2. The number of piperazine rings is 1. The van der Waals surface area contributed by atoms with Crippen LogP contribution in [0, 0.1) is 0 Å². The van der Waals surface area contributed by atoms with Crippen LogP contribution in [0.15, 0.2) is 24.3 Å². The van der Waals surface area contributed by atoms with Gasteiger partial charge in [-0.2, -0.15) is 0 Å². The second-order valence-electron chi connectivity index (χ2n) is 6.91. The van der Waals surface area contributed by atoms with E-state index in [-0.39, 0.29) is 0 Å². The molecule has 2 heterocycles. The number of nitrogens with zero attached hydrogens (tertiary/aromatic N) is 4. The van der Waals surface area contributed by atoms with E-state index in [9.17, 15) is 0 Å². The third-order valence-electron chi connectivity index (χ3n) is 4.94. The number of methoxy groups -OCH3 is 2. The van der Waals surface area contributed by atoms with E-state index in [1.807, 2.05) is 18.2 Å². The molecule has 1 aliphatic rings. The smallest absolute Gasteiger partial charge is 0.257 e. The summed E-state index contributed by atoms with van der Waals surface area (Å²) >= 11 is 6.04. The van der Waals surface area contributed by atoms with E-state index < -0.39 is 0 Å². The van der Waals surface area contributed by atoms with Gasteiger partial charge in [-0.15, -0.1) is 10.2 Å². The molecule has 1 aromatic heterocycles. The Morgan fingerprint density at radius 3 is 2.59 bits per heavy atom. The quantitative estimate of drug-likeness (QED) is 0.661. The summed E-state index contributed by atoms with van der Waals surface area (Å²) in [5, 5.41) is 11.7. The number of hydrogen-bond acceptors (Lipinski definition) is 8. The molecule has 29 heavy (non-hydrogen) atoms.